The third-order valence-corrected chi connectivity index (χ3v) is 4.97. The Morgan fingerprint density at radius 3 is 2.88 bits per heavy atom. The van der Waals surface area contributed by atoms with E-state index in [2.05, 4.69) is 29.5 Å². The zero-order chi connectivity index (χ0) is 17.4. The number of carbonyl (C=O) groups excluding carboxylic acids is 1. The first kappa shape index (κ1) is 16.0. The molecule has 25 heavy (non-hydrogen) atoms. The third kappa shape index (κ3) is 3.21. The van der Waals surface area contributed by atoms with Crippen molar-refractivity contribution >= 4 is 11.7 Å². The van der Waals surface area contributed by atoms with Gasteiger partial charge >= 0.3 is 0 Å². The largest absolute Gasteiger partial charge is 0.358 e. The van der Waals surface area contributed by atoms with Crippen molar-refractivity contribution in [3.8, 4) is 11.5 Å². The molecule has 1 aliphatic heterocycles. The molecule has 1 aliphatic carbocycles. The Kier molecular flexibility index (Phi) is 3.90. The molecule has 1 atom stereocenters. The van der Waals surface area contributed by atoms with Crippen molar-refractivity contribution in [1.82, 2.24) is 20.3 Å². The summed E-state index contributed by atoms with van der Waals surface area (Å²) in [6.07, 6.45) is 6.48. The number of aromatic nitrogens is 3. The maximum Gasteiger partial charge on any atom is 0.242 e. The molecule has 2 aliphatic rings. The number of piperidine rings is 1. The van der Waals surface area contributed by atoms with E-state index in [1.54, 1.807) is 6.20 Å². The fourth-order valence-electron chi connectivity index (χ4n) is 3.58. The first-order valence-electron chi connectivity index (χ1n) is 8.92. The van der Waals surface area contributed by atoms with Gasteiger partial charge in [-0.15, -0.1) is 0 Å². The third-order valence-electron chi connectivity index (χ3n) is 4.97. The smallest absolute Gasteiger partial charge is 0.242 e. The van der Waals surface area contributed by atoms with E-state index in [9.17, 15) is 4.79 Å². The topological polar surface area (TPSA) is 79.8 Å². The van der Waals surface area contributed by atoms with Crippen molar-refractivity contribution in [3.05, 3.63) is 35.7 Å². The van der Waals surface area contributed by atoms with Crippen LogP contribution >= 0.6 is 0 Å². The Bertz CT molecular complexity index is 803. The van der Waals surface area contributed by atoms with Gasteiger partial charge in [-0.3, -0.25) is 9.78 Å². The number of hydrogen-bond acceptors (Lipinski definition) is 5. The second-order valence-corrected chi connectivity index (χ2v) is 7.50. The lowest BCUT2D eigenvalue weighted by molar-refractivity contribution is -0.125. The summed E-state index contributed by atoms with van der Waals surface area (Å²) in [7, 11) is 0. The molecule has 1 saturated heterocycles. The predicted octanol–water partition coefficient (Wildman–Crippen LogP) is 2.50. The van der Waals surface area contributed by atoms with Crippen LogP contribution in [-0.4, -0.2) is 32.4 Å². The van der Waals surface area contributed by atoms with E-state index >= 15 is 0 Å². The standard InChI is InChI=1S/C19H23N5O/c1-19(2)10-9-15(18(25)24-19)22-16-12-6-5-8-13(12)21-17(23-16)14-7-3-4-11-20-14/h3-4,7,11,15H,5-6,8-10H2,1-2H3,(H,24,25)(H,21,22,23)/t15-/m0/s1. The van der Waals surface area contributed by atoms with Gasteiger partial charge in [0.2, 0.25) is 5.91 Å². The maximum absolute atomic E-state index is 12.4. The predicted molar refractivity (Wildman–Crippen MR) is 96.2 cm³/mol. The summed E-state index contributed by atoms with van der Waals surface area (Å²) < 4.78 is 0. The summed E-state index contributed by atoms with van der Waals surface area (Å²) in [6.45, 7) is 4.12. The molecule has 4 rings (SSSR count). The van der Waals surface area contributed by atoms with Crippen LogP contribution in [0.5, 0.6) is 0 Å². The van der Waals surface area contributed by atoms with Crippen LogP contribution in [0.25, 0.3) is 11.5 Å². The van der Waals surface area contributed by atoms with Crippen LogP contribution in [0, 0.1) is 0 Å². The second kappa shape index (κ2) is 6.10. The normalized spacial score (nSPS) is 21.5. The number of anilines is 1. The van der Waals surface area contributed by atoms with Crippen LogP contribution < -0.4 is 10.6 Å². The number of hydrogen-bond donors (Lipinski definition) is 2. The van der Waals surface area contributed by atoms with E-state index < -0.39 is 0 Å². The minimum atomic E-state index is -0.246. The molecule has 3 heterocycles. The number of amides is 1. The Labute approximate surface area is 147 Å². The second-order valence-electron chi connectivity index (χ2n) is 7.50. The van der Waals surface area contributed by atoms with Crippen molar-refractivity contribution in [2.24, 2.45) is 0 Å². The molecule has 1 amide bonds. The van der Waals surface area contributed by atoms with Crippen LogP contribution in [0.1, 0.15) is 44.4 Å². The summed E-state index contributed by atoms with van der Waals surface area (Å²) in [5, 5.41) is 6.47. The summed E-state index contributed by atoms with van der Waals surface area (Å²) in [5.41, 5.74) is 2.85. The summed E-state index contributed by atoms with van der Waals surface area (Å²) in [4.78, 5) is 26.2. The van der Waals surface area contributed by atoms with Gasteiger partial charge < -0.3 is 10.6 Å². The first-order chi connectivity index (χ1) is 12.0. The number of carbonyl (C=O) groups is 1. The highest BCUT2D eigenvalue weighted by Crippen LogP contribution is 2.30. The Hall–Kier alpha value is -2.50. The van der Waals surface area contributed by atoms with E-state index in [0.29, 0.717) is 5.82 Å². The van der Waals surface area contributed by atoms with Crippen LogP contribution in [0.2, 0.25) is 0 Å². The lowest BCUT2D eigenvalue weighted by Crippen LogP contribution is -2.55. The Morgan fingerprint density at radius 1 is 1.24 bits per heavy atom. The fourth-order valence-corrected chi connectivity index (χ4v) is 3.58. The van der Waals surface area contributed by atoms with Crippen LogP contribution in [0.3, 0.4) is 0 Å². The molecule has 0 saturated carbocycles. The van der Waals surface area contributed by atoms with Gasteiger partial charge in [-0.1, -0.05) is 6.07 Å². The average molecular weight is 337 g/mol. The zero-order valence-electron chi connectivity index (χ0n) is 14.7. The van der Waals surface area contributed by atoms with Gasteiger partial charge in [-0.2, -0.15) is 0 Å². The first-order valence-corrected chi connectivity index (χ1v) is 8.92. The molecule has 2 aromatic rings. The highest BCUT2D eigenvalue weighted by molar-refractivity contribution is 5.86. The molecular formula is C19H23N5O. The zero-order valence-corrected chi connectivity index (χ0v) is 14.7. The van der Waals surface area contributed by atoms with Crippen molar-refractivity contribution in [1.29, 1.82) is 0 Å². The van der Waals surface area contributed by atoms with Gasteiger partial charge in [-0.25, -0.2) is 9.97 Å². The number of fused-ring (bicyclic) bond motifs is 1. The van der Waals surface area contributed by atoms with Crippen LogP contribution in [-0.2, 0) is 17.6 Å². The molecule has 0 aromatic carbocycles. The SMILES string of the molecule is CC1(C)CC[C@H](Nc2nc(-c3ccccn3)nc3c2CCC3)C(=O)N1. The van der Waals surface area contributed by atoms with E-state index in [1.165, 1.54) is 0 Å². The molecule has 2 N–H and O–H groups in total. The fraction of sp³-hybridized carbons (Fsp3) is 0.474. The molecule has 130 valence electrons. The van der Waals surface area contributed by atoms with Gasteiger partial charge in [0.25, 0.3) is 0 Å². The van der Waals surface area contributed by atoms with Crippen molar-refractivity contribution in [2.75, 3.05) is 5.32 Å². The maximum atomic E-state index is 12.4. The van der Waals surface area contributed by atoms with Crippen molar-refractivity contribution in [2.45, 2.75) is 57.5 Å². The molecule has 1 fully saturated rings. The lowest BCUT2D eigenvalue weighted by atomic mass is 9.90. The van der Waals surface area contributed by atoms with Gasteiger partial charge in [0, 0.05) is 23.0 Å². The molecule has 0 unspecified atom stereocenters. The van der Waals surface area contributed by atoms with Crippen molar-refractivity contribution in [3.63, 3.8) is 0 Å². The molecule has 6 nitrogen and oxygen atoms in total. The summed E-state index contributed by atoms with van der Waals surface area (Å²) >= 11 is 0. The summed E-state index contributed by atoms with van der Waals surface area (Å²) in [6, 6.07) is 5.48. The number of rotatable bonds is 3. The lowest BCUT2D eigenvalue weighted by Gasteiger charge is -2.35. The highest BCUT2D eigenvalue weighted by atomic mass is 16.2. The Morgan fingerprint density at radius 2 is 2.12 bits per heavy atom. The molecule has 0 radical (unpaired) electrons. The molecular weight excluding hydrogens is 314 g/mol. The molecule has 2 aromatic heterocycles. The van der Waals surface area contributed by atoms with E-state index in [4.69, 9.17) is 9.97 Å². The minimum Gasteiger partial charge on any atom is -0.358 e. The highest BCUT2D eigenvalue weighted by Gasteiger charge is 2.33. The van der Waals surface area contributed by atoms with Crippen LogP contribution in [0.4, 0.5) is 5.82 Å². The number of aryl methyl sites for hydroxylation is 1. The number of nitrogens with zero attached hydrogens (tertiary/aromatic N) is 3. The number of pyridine rings is 1. The quantitative estimate of drug-likeness (QED) is 0.899. The van der Waals surface area contributed by atoms with E-state index in [1.807, 2.05) is 18.2 Å². The molecule has 0 bridgehead atoms. The van der Waals surface area contributed by atoms with Crippen LogP contribution in [0.15, 0.2) is 24.4 Å². The van der Waals surface area contributed by atoms with Gasteiger partial charge in [0.05, 0.1) is 0 Å². The van der Waals surface area contributed by atoms with Gasteiger partial charge in [0.15, 0.2) is 5.82 Å². The van der Waals surface area contributed by atoms with E-state index in [0.717, 1.165) is 54.9 Å². The molecule has 6 heteroatoms. The average Bonchev–Trinajstić information content (AvgIpc) is 3.06. The molecule has 0 spiro atoms. The Balaban J connectivity index is 1.65. The van der Waals surface area contributed by atoms with E-state index in [-0.39, 0.29) is 17.5 Å². The van der Waals surface area contributed by atoms with Gasteiger partial charge in [0.1, 0.15) is 17.6 Å². The monoisotopic (exact) mass is 337 g/mol. The van der Waals surface area contributed by atoms with Gasteiger partial charge in [-0.05, 0) is 58.1 Å². The number of nitrogens with one attached hydrogen (secondary N) is 2. The summed E-state index contributed by atoms with van der Waals surface area (Å²) in [5.74, 6) is 1.46. The van der Waals surface area contributed by atoms with Crippen molar-refractivity contribution < 1.29 is 4.79 Å². The minimum absolute atomic E-state index is 0.0426.